The first-order valence-electron chi connectivity index (χ1n) is 8.43. The fourth-order valence-electron chi connectivity index (χ4n) is 2.98. The number of aliphatic hydroxyl groups is 1. The number of hydrogen-bond acceptors (Lipinski definition) is 4. The molecule has 2 aromatic heterocycles. The van der Waals surface area contributed by atoms with E-state index in [1.54, 1.807) is 22.7 Å². The summed E-state index contributed by atoms with van der Waals surface area (Å²) < 4.78 is 2.11. The average Bonchev–Trinajstić information content (AvgIpc) is 3.03. The second-order valence-electron chi connectivity index (χ2n) is 6.99. The van der Waals surface area contributed by atoms with Crippen LogP contribution >= 0.6 is 12.2 Å². The molecule has 0 fully saturated rings. The summed E-state index contributed by atoms with van der Waals surface area (Å²) >= 11 is 5.15. The Morgan fingerprint density at radius 2 is 2.04 bits per heavy atom. The Hall–Kier alpha value is -2.51. The van der Waals surface area contributed by atoms with Gasteiger partial charge in [0, 0.05) is 25.3 Å². The van der Waals surface area contributed by atoms with E-state index < -0.39 is 0 Å². The van der Waals surface area contributed by atoms with Crippen LogP contribution in [0.15, 0.2) is 48.7 Å². The van der Waals surface area contributed by atoms with Gasteiger partial charge in [0.05, 0.1) is 5.56 Å². The Labute approximate surface area is 156 Å². The Bertz CT molecular complexity index is 962. The maximum Gasteiger partial charge on any atom is 0.252 e. The predicted molar refractivity (Wildman–Crippen MR) is 103 cm³/mol. The van der Waals surface area contributed by atoms with Crippen LogP contribution in [0.1, 0.15) is 35.7 Å². The lowest BCUT2D eigenvalue weighted by molar-refractivity contribution is 0.0919. The topological polar surface area (TPSA) is 82.4 Å². The van der Waals surface area contributed by atoms with E-state index in [2.05, 4.69) is 15.5 Å². The minimum Gasteiger partial charge on any atom is -0.396 e. The summed E-state index contributed by atoms with van der Waals surface area (Å²) in [5.41, 5.74) is 1.88. The molecule has 0 aliphatic carbocycles. The predicted octanol–water partition coefficient (Wildman–Crippen LogP) is 2.92. The molecule has 0 bridgehead atoms. The van der Waals surface area contributed by atoms with Gasteiger partial charge >= 0.3 is 0 Å². The van der Waals surface area contributed by atoms with Crippen LogP contribution in [0.5, 0.6) is 0 Å². The summed E-state index contributed by atoms with van der Waals surface area (Å²) in [5, 5.41) is 19.5. The zero-order chi connectivity index (χ0) is 18.7. The minimum absolute atomic E-state index is 0.0162. The molecule has 0 aliphatic rings. The third kappa shape index (κ3) is 3.68. The molecule has 0 unspecified atom stereocenters. The van der Waals surface area contributed by atoms with Crippen LogP contribution in [0.4, 0.5) is 0 Å². The van der Waals surface area contributed by atoms with Crippen molar-refractivity contribution in [2.45, 2.75) is 19.8 Å². The molecule has 1 aromatic carbocycles. The maximum absolute atomic E-state index is 12.6. The molecule has 7 heteroatoms. The molecule has 6 nitrogen and oxygen atoms in total. The van der Waals surface area contributed by atoms with Gasteiger partial charge in [0.15, 0.2) is 10.4 Å². The molecule has 136 valence electrons. The van der Waals surface area contributed by atoms with E-state index in [1.165, 1.54) is 0 Å². The molecule has 0 aliphatic heterocycles. The summed E-state index contributed by atoms with van der Waals surface area (Å²) in [5.74, 6) is -0.206. The number of carbonyl (C=O) groups is 1. The third-order valence-corrected chi connectivity index (χ3v) is 4.98. The lowest BCUT2D eigenvalue weighted by Crippen LogP contribution is -2.37. The van der Waals surface area contributed by atoms with Crippen LogP contribution in [0.25, 0.3) is 5.65 Å². The Balaban J connectivity index is 1.80. The van der Waals surface area contributed by atoms with Gasteiger partial charge in [0.1, 0.15) is 0 Å². The number of fused-ring (bicyclic) bond motifs is 1. The standard InChI is InChI=1S/C19H22N4O2S/c1-19(2,12-24)15(13-6-4-3-5-7-13)10-20-17(25)14-8-9-16-21-22-18(26)23(16)11-14/h3-9,11,15,24H,10,12H2,1-2H3,(H,20,25)(H,22,26)/t15-/m1/s1. The van der Waals surface area contributed by atoms with Crippen LogP contribution in [-0.2, 0) is 0 Å². The number of rotatable bonds is 6. The summed E-state index contributed by atoms with van der Waals surface area (Å²) in [4.78, 5) is 12.6. The van der Waals surface area contributed by atoms with Crippen LogP contribution < -0.4 is 5.32 Å². The van der Waals surface area contributed by atoms with Crippen LogP contribution in [0, 0.1) is 10.2 Å². The quantitative estimate of drug-likeness (QED) is 0.583. The molecule has 3 aromatic rings. The van der Waals surface area contributed by atoms with Crippen molar-refractivity contribution < 1.29 is 9.90 Å². The van der Waals surface area contributed by atoms with Crippen molar-refractivity contribution in [3.05, 3.63) is 64.6 Å². The minimum atomic E-state index is -0.369. The van der Waals surface area contributed by atoms with Crippen molar-refractivity contribution in [3.63, 3.8) is 0 Å². The number of hydrogen-bond donors (Lipinski definition) is 3. The van der Waals surface area contributed by atoms with Gasteiger partial charge < -0.3 is 10.4 Å². The zero-order valence-electron chi connectivity index (χ0n) is 14.8. The van der Waals surface area contributed by atoms with Crippen molar-refractivity contribution in [3.8, 4) is 0 Å². The Morgan fingerprint density at radius 3 is 2.73 bits per heavy atom. The normalized spacial score (nSPS) is 12.9. The smallest absolute Gasteiger partial charge is 0.252 e. The largest absolute Gasteiger partial charge is 0.396 e. The van der Waals surface area contributed by atoms with Crippen molar-refractivity contribution in [2.24, 2.45) is 5.41 Å². The molecule has 0 saturated carbocycles. The number of aromatic amines is 1. The van der Waals surface area contributed by atoms with Gasteiger partial charge in [-0.2, -0.15) is 5.10 Å². The van der Waals surface area contributed by atoms with Crippen LogP contribution in [0.2, 0.25) is 0 Å². The van der Waals surface area contributed by atoms with Gasteiger partial charge in [-0.05, 0) is 35.3 Å². The summed E-state index contributed by atoms with van der Waals surface area (Å²) in [6, 6.07) is 13.4. The molecule has 1 atom stereocenters. The van der Waals surface area contributed by atoms with Crippen molar-refractivity contribution in [1.82, 2.24) is 19.9 Å². The van der Waals surface area contributed by atoms with Gasteiger partial charge in [-0.25, -0.2) is 0 Å². The molecular weight excluding hydrogens is 348 g/mol. The van der Waals surface area contributed by atoms with E-state index >= 15 is 0 Å². The first-order chi connectivity index (χ1) is 12.4. The molecule has 3 N–H and O–H groups in total. The maximum atomic E-state index is 12.6. The highest BCUT2D eigenvalue weighted by Crippen LogP contribution is 2.34. The van der Waals surface area contributed by atoms with Crippen LogP contribution in [-0.4, -0.2) is 38.8 Å². The van der Waals surface area contributed by atoms with E-state index in [1.807, 2.05) is 44.2 Å². The number of pyridine rings is 1. The van der Waals surface area contributed by atoms with E-state index in [0.29, 0.717) is 22.5 Å². The summed E-state index contributed by atoms with van der Waals surface area (Å²) in [7, 11) is 0. The highest BCUT2D eigenvalue weighted by Gasteiger charge is 2.30. The summed E-state index contributed by atoms with van der Waals surface area (Å²) in [6.07, 6.45) is 1.67. The molecule has 3 rings (SSSR count). The van der Waals surface area contributed by atoms with Gasteiger partial charge in [-0.3, -0.25) is 14.3 Å². The molecular formula is C19H22N4O2S. The Kier molecular flexibility index (Phi) is 5.20. The van der Waals surface area contributed by atoms with E-state index in [0.717, 1.165) is 5.56 Å². The Morgan fingerprint density at radius 1 is 1.31 bits per heavy atom. The van der Waals surface area contributed by atoms with Gasteiger partial charge in [-0.1, -0.05) is 44.2 Å². The van der Waals surface area contributed by atoms with Crippen molar-refractivity contribution >= 4 is 23.8 Å². The molecule has 2 heterocycles. The second-order valence-corrected chi connectivity index (χ2v) is 7.38. The average molecular weight is 370 g/mol. The number of carbonyl (C=O) groups excluding carboxylic acids is 1. The number of amides is 1. The fourth-order valence-corrected chi connectivity index (χ4v) is 3.17. The third-order valence-electron chi connectivity index (χ3n) is 4.69. The number of H-pyrrole nitrogens is 1. The monoisotopic (exact) mass is 370 g/mol. The number of nitrogens with zero attached hydrogens (tertiary/aromatic N) is 2. The highest BCUT2D eigenvalue weighted by atomic mass is 32.1. The zero-order valence-corrected chi connectivity index (χ0v) is 15.6. The number of nitrogens with one attached hydrogen (secondary N) is 2. The molecule has 0 saturated heterocycles. The number of aromatic nitrogens is 3. The van der Waals surface area contributed by atoms with Gasteiger partial charge in [-0.15, -0.1) is 0 Å². The molecule has 1 amide bonds. The van der Waals surface area contributed by atoms with Crippen molar-refractivity contribution in [1.29, 1.82) is 0 Å². The molecule has 0 spiro atoms. The van der Waals surface area contributed by atoms with Crippen molar-refractivity contribution in [2.75, 3.05) is 13.2 Å². The molecule has 0 radical (unpaired) electrons. The lowest BCUT2D eigenvalue weighted by Gasteiger charge is -2.33. The first-order valence-corrected chi connectivity index (χ1v) is 8.84. The van der Waals surface area contributed by atoms with Gasteiger partial charge in [0.2, 0.25) is 0 Å². The summed E-state index contributed by atoms with van der Waals surface area (Å²) in [6.45, 7) is 4.44. The van der Waals surface area contributed by atoms with E-state index in [4.69, 9.17) is 12.2 Å². The van der Waals surface area contributed by atoms with E-state index in [-0.39, 0.29) is 23.8 Å². The second kappa shape index (κ2) is 7.39. The van der Waals surface area contributed by atoms with Crippen LogP contribution in [0.3, 0.4) is 0 Å². The first kappa shape index (κ1) is 18.3. The lowest BCUT2D eigenvalue weighted by atomic mass is 9.75. The highest BCUT2D eigenvalue weighted by molar-refractivity contribution is 7.71. The molecule has 26 heavy (non-hydrogen) atoms. The number of benzene rings is 1. The SMILES string of the molecule is CC(C)(CO)[C@H](CNC(=O)c1ccc2n[nH]c(=S)n2c1)c1ccccc1. The van der Waals surface area contributed by atoms with E-state index in [9.17, 15) is 9.90 Å². The fraction of sp³-hybridized carbons (Fsp3) is 0.316. The van der Waals surface area contributed by atoms with Gasteiger partial charge in [0.25, 0.3) is 5.91 Å². The number of aliphatic hydroxyl groups excluding tert-OH is 1.